The lowest BCUT2D eigenvalue weighted by molar-refractivity contribution is 0.630. The molecular formula is C11H10FN3. The van der Waals surface area contributed by atoms with Crippen LogP contribution in [0.25, 0.3) is 11.4 Å². The zero-order chi connectivity index (χ0) is 10.7. The summed E-state index contributed by atoms with van der Waals surface area (Å²) in [4.78, 5) is 8.16. The highest BCUT2D eigenvalue weighted by atomic mass is 19.1. The second-order valence-corrected chi connectivity index (χ2v) is 3.06. The summed E-state index contributed by atoms with van der Waals surface area (Å²) in [7, 11) is 0. The molecule has 0 aliphatic carbocycles. The van der Waals surface area contributed by atoms with Crippen LogP contribution in [0, 0.1) is 5.82 Å². The van der Waals surface area contributed by atoms with Crippen molar-refractivity contribution >= 4 is 0 Å². The number of nitrogens with two attached hydrogens (primary N) is 1. The van der Waals surface area contributed by atoms with Crippen LogP contribution in [0.5, 0.6) is 0 Å². The normalized spacial score (nSPS) is 10.3. The van der Waals surface area contributed by atoms with Gasteiger partial charge >= 0.3 is 0 Å². The van der Waals surface area contributed by atoms with Crippen molar-refractivity contribution in [1.82, 2.24) is 9.97 Å². The molecule has 4 heteroatoms. The number of hydrogen-bond acceptors (Lipinski definition) is 3. The minimum absolute atomic E-state index is 0.323. The first-order valence-electron chi connectivity index (χ1n) is 4.58. The second kappa shape index (κ2) is 4.14. The molecule has 0 saturated heterocycles. The first-order valence-corrected chi connectivity index (χ1v) is 4.58. The Morgan fingerprint density at radius 2 is 2.00 bits per heavy atom. The van der Waals surface area contributed by atoms with Crippen LogP contribution in [0.3, 0.4) is 0 Å². The predicted octanol–water partition coefficient (Wildman–Crippen LogP) is 1.74. The van der Waals surface area contributed by atoms with Gasteiger partial charge in [-0.2, -0.15) is 0 Å². The largest absolute Gasteiger partial charge is 0.325 e. The number of benzene rings is 1. The summed E-state index contributed by atoms with van der Waals surface area (Å²) in [5, 5.41) is 0. The van der Waals surface area contributed by atoms with Crippen molar-refractivity contribution < 1.29 is 4.39 Å². The molecule has 0 amide bonds. The van der Waals surface area contributed by atoms with E-state index in [9.17, 15) is 4.39 Å². The molecule has 0 spiro atoms. The summed E-state index contributed by atoms with van der Waals surface area (Å²) in [6.07, 6.45) is 1.58. The zero-order valence-corrected chi connectivity index (χ0v) is 8.02. The van der Waals surface area contributed by atoms with Gasteiger partial charge in [0, 0.05) is 12.7 Å². The number of aromatic nitrogens is 2. The highest BCUT2D eigenvalue weighted by Crippen LogP contribution is 2.17. The summed E-state index contributed by atoms with van der Waals surface area (Å²) < 4.78 is 13.4. The van der Waals surface area contributed by atoms with Gasteiger partial charge in [-0.1, -0.05) is 12.1 Å². The Labute approximate surface area is 86.8 Å². The van der Waals surface area contributed by atoms with Crippen LogP contribution in [-0.2, 0) is 6.54 Å². The second-order valence-electron chi connectivity index (χ2n) is 3.06. The number of halogens is 1. The van der Waals surface area contributed by atoms with Gasteiger partial charge in [-0.05, 0) is 18.2 Å². The molecule has 1 aromatic heterocycles. The Morgan fingerprint density at radius 1 is 1.20 bits per heavy atom. The molecule has 0 atom stereocenters. The first kappa shape index (κ1) is 9.73. The third kappa shape index (κ3) is 1.99. The van der Waals surface area contributed by atoms with E-state index in [1.54, 1.807) is 30.5 Å². The molecular weight excluding hydrogens is 193 g/mol. The van der Waals surface area contributed by atoms with Crippen LogP contribution in [0.2, 0.25) is 0 Å². The Hall–Kier alpha value is -1.81. The van der Waals surface area contributed by atoms with E-state index in [0.717, 1.165) is 0 Å². The van der Waals surface area contributed by atoms with Crippen molar-refractivity contribution in [3.63, 3.8) is 0 Å². The van der Waals surface area contributed by atoms with E-state index in [1.807, 2.05) is 0 Å². The molecule has 3 nitrogen and oxygen atoms in total. The predicted molar refractivity (Wildman–Crippen MR) is 55.3 cm³/mol. The van der Waals surface area contributed by atoms with Crippen molar-refractivity contribution in [1.29, 1.82) is 0 Å². The molecule has 2 rings (SSSR count). The molecule has 1 aromatic carbocycles. The maximum Gasteiger partial charge on any atom is 0.162 e. The van der Waals surface area contributed by atoms with Gasteiger partial charge in [-0.25, -0.2) is 14.4 Å². The fourth-order valence-electron chi connectivity index (χ4n) is 1.28. The van der Waals surface area contributed by atoms with E-state index >= 15 is 0 Å². The summed E-state index contributed by atoms with van der Waals surface area (Å²) in [6.45, 7) is 0.323. The van der Waals surface area contributed by atoms with Crippen LogP contribution in [0.15, 0.2) is 36.5 Å². The number of nitrogens with zero attached hydrogens (tertiary/aromatic N) is 2. The first-order chi connectivity index (χ1) is 7.31. The Bertz CT molecular complexity index is 471. The average molecular weight is 203 g/mol. The molecule has 0 saturated carbocycles. The SMILES string of the molecule is NCc1ccnc(-c2ccccc2F)n1. The summed E-state index contributed by atoms with van der Waals surface area (Å²) in [6, 6.07) is 8.12. The summed E-state index contributed by atoms with van der Waals surface area (Å²) in [5.74, 6) is 0.0442. The number of hydrogen-bond donors (Lipinski definition) is 1. The summed E-state index contributed by atoms with van der Waals surface area (Å²) >= 11 is 0. The van der Waals surface area contributed by atoms with Gasteiger partial charge in [0.1, 0.15) is 5.82 Å². The maximum absolute atomic E-state index is 13.4. The van der Waals surface area contributed by atoms with Gasteiger partial charge in [0.05, 0.1) is 11.3 Å². The van der Waals surface area contributed by atoms with E-state index in [4.69, 9.17) is 5.73 Å². The molecule has 15 heavy (non-hydrogen) atoms. The highest BCUT2D eigenvalue weighted by molar-refractivity contribution is 5.55. The minimum atomic E-state index is -0.327. The lowest BCUT2D eigenvalue weighted by atomic mass is 10.2. The Morgan fingerprint density at radius 3 is 2.73 bits per heavy atom. The van der Waals surface area contributed by atoms with Gasteiger partial charge in [0.25, 0.3) is 0 Å². The number of rotatable bonds is 2. The van der Waals surface area contributed by atoms with Crippen molar-refractivity contribution in [2.24, 2.45) is 5.73 Å². The van der Waals surface area contributed by atoms with E-state index < -0.39 is 0 Å². The third-order valence-corrected chi connectivity index (χ3v) is 2.04. The molecule has 0 radical (unpaired) electrons. The van der Waals surface area contributed by atoms with Crippen molar-refractivity contribution in [3.8, 4) is 11.4 Å². The molecule has 76 valence electrons. The Kier molecular flexibility index (Phi) is 2.69. The highest BCUT2D eigenvalue weighted by Gasteiger charge is 2.06. The van der Waals surface area contributed by atoms with Crippen LogP contribution < -0.4 is 5.73 Å². The lowest BCUT2D eigenvalue weighted by Crippen LogP contribution is -2.02. The van der Waals surface area contributed by atoms with Gasteiger partial charge < -0.3 is 5.73 Å². The monoisotopic (exact) mass is 203 g/mol. The quantitative estimate of drug-likeness (QED) is 0.808. The van der Waals surface area contributed by atoms with Crippen molar-refractivity contribution in [2.75, 3.05) is 0 Å². The minimum Gasteiger partial charge on any atom is -0.325 e. The molecule has 2 N–H and O–H groups in total. The van der Waals surface area contributed by atoms with Crippen LogP contribution >= 0.6 is 0 Å². The summed E-state index contributed by atoms with van der Waals surface area (Å²) in [5.41, 5.74) is 6.54. The van der Waals surface area contributed by atoms with Gasteiger partial charge in [0.2, 0.25) is 0 Å². The molecule has 0 unspecified atom stereocenters. The smallest absolute Gasteiger partial charge is 0.162 e. The molecule has 0 fully saturated rings. The van der Waals surface area contributed by atoms with Crippen LogP contribution in [0.4, 0.5) is 4.39 Å². The average Bonchev–Trinajstić information content (AvgIpc) is 2.30. The topological polar surface area (TPSA) is 51.8 Å². The van der Waals surface area contributed by atoms with Gasteiger partial charge in [-0.3, -0.25) is 0 Å². The van der Waals surface area contributed by atoms with Crippen LogP contribution in [-0.4, -0.2) is 9.97 Å². The Balaban J connectivity index is 2.49. The standard InChI is InChI=1S/C11H10FN3/c12-10-4-2-1-3-9(10)11-14-6-5-8(7-13)15-11/h1-6H,7,13H2. The van der Waals surface area contributed by atoms with E-state index in [1.165, 1.54) is 6.07 Å². The molecule has 2 aromatic rings. The maximum atomic E-state index is 13.4. The van der Waals surface area contributed by atoms with E-state index in [-0.39, 0.29) is 5.82 Å². The molecule has 0 aliphatic heterocycles. The van der Waals surface area contributed by atoms with Gasteiger partial charge in [0.15, 0.2) is 5.82 Å². The zero-order valence-electron chi connectivity index (χ0n) is 8.02. The van der Waals surface area contributed by atoms with Crippen molar-refractivity contribution in [3.05, 3.63) is 48.0 Å². The van der Waals surface area contributed by atoms with Crippen molar-refractivity contribution in [2.45, 2.75) is 6.54 Å². The fourth-order valence-corrected chi connectivity index (χ4v) is 1.28. The lowest BCUT2D eigenvalue weighted by Gasteiger charge is -2.02. The fraction of sp³-hybridized carbons (Fsp3) is 0.0909. The molecule has 0 bridgehead atoms. The van der Waals surface area contributed by atoms with Gasteiger partial charge in [-0.15, -0.1) is 0 Å². The van der Waals surface area contributed by atoms with E-state index in [2.05, 4.69) is 9.97 Å². The molecule has 0 aliphatic rings. The third-order valence-electron chi connectivity index (χ3n) is 2.04. The van der Waals surface area contributed by atoms with Crippen LogP contribution in [0.1, 0.15) is 5.69 Å². The molecule has 1 heterocycles. The van der Waals surface area contributed by atoms with E-state index in [0.29, 0.717) is 23.6 Å².